The predicted molar refractivity (Wildman–Crippen MR) is 153 cm³/mol. The molecule has 0 saturated carbocycles. The van der Waals surface area contributed by atoms with Crippen LogP contribution >= 0.6 is 0 Å². The highest BCUT2D eigenvalue weighted by Gasteiger charge is 2.26. The second kappa shape index (κ2) is 11.2. The van der Waals surface area contributed by atoms with Gasteiger partial charge < -0.3 is 25.3 Å². The van der Waals surface area contributed by atoms with E-state index in [1.807, 2.05) is 30.3 Å². The molecular weight excluding hydrogens is 511 g/mol. The maximum absolute atomic E-state index is 13.7. The van der Waals surface area contributed by atoms with Gasteiger partial charge in [-0.3, -0.25) is 14.4 Å². The minimum atomic E-state index is -0.382. The summed E-state index contributed by atoms with van der Waals surface area (Å²) in [6.45, 7) is 5.98. The lowest BCUT2D eigenvalue weighted by Crippen LogP contribution is -2.36. The predicted octanol–water partition coefficient (Wildman–Crippen LogP) is 4.73. The fourth-order valence-corrected chi connectivity index (χ4v) is 5.15. The number of fused-ring (bicyclic) bond motifs is 1. The van der Waals surface area contributed by atoms with E-state index in [4.69, 9.17) is 4.42 Å². The van der Waals surface area contributed by atoms with E-state index in [-0.39, 0.29) is 36.0 Å². The molecule has 5 rings (SSSR count). The number of nitrogens with one attached hydrogen (secondary N) is 3. The Kier molecular flexibility index (Phi) is 7.55. The van der Waals surface area contributed by atoms with Gasteiger partial charge in [-0.15, -0.1) is 0 Å². The molecule has 0 radical (unpaired) electrons. The van der Waals surface area contributed by atoms with Crippen LogP contribution in [0.15, 0.2) is 65.1 Å². The normalized spacial score (nSPS) is 14.7. The molecule has 206 valence electrons. The lowest BCUT2D eigenvalue weighted by atomic mass is 9.96. The number of carbonyl (C=O) groups excluding carboxylic acids is 3. The number of furan rings is 1. The summed E-state index contributed by atoms with van der Waals surface area (Å²) >= 11 is 0. The van der Waals surface area contributed by atoms with Gasteiger partial charge in [0.15, 0.2) is 0 Å². The van der Waals surface area contributed by atoms with Crippen LogP contribution in [0.1, 0.15) is 41.0 Å². The minimum Gasteiger partial charge on any atom is -0.455 e. The maximum atomic E-state index is 13.7. The highest BCUT2D eigenvalue weighted by molar-refractivity contribution is 6.13. The van der Waals surface area contributed by atoms with Gasteiger partial charge in [-0.25, -0.2) is 4.39 Å². The molecule has 1 aliphatic heterocycles. The SMILES string of the molecule is CCN(CC)c1cc2oc(-c3ccc(F)cc3)c(C(=O)NC)c2cc1-c1cccc(C(=O)NC2CNC(=O)C2)c1. The Bertz CT molecular complexity index is 1590. The van der Waals surface area contributed by atoms with Gasteiger partial charge >= 0.3 is 0 Å². The monoisotopic (exact) mass is 542 g/mol. The van der Waals surface area contributed by atoms with E-state index in [2.05, 4.69) is 34.7 Å². The summed E-state index contributed by atoms with van der Waals surface area (Å²) in [5.41, 5.74) is 4.45. The molecule has 1 fully saturated rings. The molecule has 4 aromatic rings. The topological polar surface area (TPSA) is 104 Å². The second-order valence-electron chi connectivity index (χ2n) is 9.69. The third kappa shape index (κ3) is 5.14. The zero-order chi connectivity index (χ0) is 28.4. The number of anilines is 1. The van der Waals surface area contributed by atoms with E-state index in [1.54, 1.807) is 25.2 Å². The molecule has 2 heterocycles. The Balaban J connectivity index is 1.66. The average Bonchev–Trinajstić information content (AvgIpc) is 3.55. The molecule has 1 unspecified atom stereocenters. The van der Waals surface area contributed by atoms with Crippen LogP contribution in [0.2, 0.25) is 0 Å². The van der Waals surface area contributed by atoms with Gasteiger partial charge in [-0.05, 0) is 61.9 Å². The van der Waals surface area contributed by atoms with Crippen LogP contribution in [0.4, 0.5) is 10.1 Å². The molecule has 40 heavy (non-hydrogen) atoms. The zero-order valence-electron chi connectivity index (χ0n) is 22.6. The number of hydrogen-bond donors (Lipinski definition) is 3. The van der Waals surface area contributed by atoms with Gasteiger partial charge in [0, 0.05) is 66.9 Å². The first-order valence-corrected chi connectivity index (χ1v) is 13.3. The van der Waals surface area contributed by atoms with Crippen molar-refractivity contribution in [1.29, 1.82) is 0 Å². The van der Waals surface area contributed by atoms with Crippen LogP contribution in [-0.4, -0.2) is 50.4 Å². The molecule has 3 aromatic carbocycles. The van der Waals surface area contributed by atoms with E-state index in [9.17, 15) is 18.8 Å². The fraction of sp³-hybridized carbons (Fsp3) is 0.258. The van der Waals surface area contributed by atoms with Crippen molar-refractivity contribution in [3.8, 4) is 22.5 Å². The average molecular weight is 543 g/mol. The number of rotatable bonds is 8. The lowest BCUT2D eigenvalue weighted by molar-refractivity contribution is -0.119. The highest BCUT2D eigenvalue weighted by Crippen LogP contribution is 2.41. The van der Waals surface area contributed by atoms with Crippen molar-refractivity contribution in [2.75, 3.05) is 31.6 Å². The van der Waals surface area contributed by atoms with Crippen molar-refractivity contribution in [3.63, 3.8) is 0 Å². The molecule has 1 aromatic heterocycles. The van der Waals surface area contributed by atoms with Gasteiger partial charge in [-0.2, -0.15) is 0 Å². The molecule has 1 saturated heterocycles. The first-order chi connectivity index (χ1) is 19.3. The molecule has 8 nitrogen and oxygen atoms in total. The van der Waals surface area contributed by atoms with Crippen molar-refractivity contribution in [2.24, 2.45) is 0 Å². The Morgan fingerprint density at radius 2 is 1.77 bits per heavy atom. The van der Waals surface area contributed by atoms with Crippen molar-refractivity contribution in [2.45, 2.75) is 26.3 Å². The van der Waals surface area contributed by atoms with Crippen LogP contribution < -0.4 is 20.9 Å². The fourth-order valence-electron chi connectivity index (χ4n) is 5.15. The second-order valence-corrected chi connectivity index (χ2v) is 9.69. The Morgan fingerprint density at radius 3 is 2.42 bits per heavy atom. The van der Waals surface area contributed by atoms with Gasteiger partial charge in [-0.1, -0.05) is 12.1 Å². The molecule has 0 spiro atoms. The van der Waals surface area contributed by atoms with Gasteiger partial charge in [0.25, 0.3) is 11.8 Å². The molecule has 1 aliphatic rings. The van der Waals surface area contributed by atoms with E-state index in [0.29, 0.717) is 40.0 Å². The highest BCUT2D eigenvalue weighted by atomic mass is 19.1. The molecule has 3 N–H and O–H groups in total. The number of amides is 3. The number of carbonyl (C=O) groups is 3. The van der Waals surface area contributed by atoms with Gasteiger partial charge in [0.1, 0.15) is 17.2 Å². The Labute approximate surface area is 231 Å². The number of halogens is 1. The molecule has 0 aliphatic carbocycles. The summed E-state index contributed by atoms with van der Waals surface area (Å²) in [6, 6.07) is 16.7. The number of hydrogen-bond acceptors (Lipinski definition) is 5. The molecule has 1 atom stereocenters. The van der Waals surface area contributed by atoms with Crippen LogP contribution in [0.5, 0.6) is 0 Å². The summed E-state index contributed by atoms with van der Waals surface area (Å²) in [4.78, 5) is 39.9. The summed E-state index contributed by atoms with van der Waals surface area (Å²) in [6.07, 6.45) is 0.257. The smallest absolute Gasteiger partial charge is 0.255 e. The largest absolute Gasteiger partial charge is 0.455 e. The van der Waals surface area contributed by atoms with E-state index < -0.39 is 0 Å². The molecule has 0 bridgehead atoms. The number of benzene rings is 3. The summed E-state index contributed by atoms with van der Waals surface area (Å²) in [5.74, 6) is -0.700. The van der Waals surface area contributed by atoms with Crippen molar-refractivity contribution < 1.29 is 23.2 Å². The molecule has 9 heteroatoms. The summed E-state index contributed by atoms with van der Waals surface area (Å²) in [5, 5.41) is 8.96. The first kappa shape index (κ1) is 26.9. The van der Waals surface area contributed by atoms with E-state index in [0.717, 1.165) is 29.9 Å². The van der Waals surface area contributed by atoms with Gasteiger partial charge in [0.2, 0.25) is 5.91 Å². The van der Waals surface area contributed by atoms with Crippen LogP contribution in [0.25, 0.3) is 33.4 Å². The third-order valence-corrected chi connectivity index (χ3v) is 7.22. The van der Waals surface area contributed by atoms with Gasteiger partial charge in [0.05, 0.1) is 11.6 Å². The van der Waals surface area contributed by atoms with E-state index in [1.165, 1.54) is 12.1 Å². The summed E-state index contributed by atoms with van der Waals surface area (Å²) < 4.78 is 19.9. The van der Waals surface area contributed by atoms with Crippen molar-refractivity contribution >= 4 is 34.4 Å². The standard InChI is InChI=1S/C31H31FN4O4/c1-4-36(5-2)25-16-26-24(28(31(39)33-3)29(40-26)18-9-11-21(32)12-10-18)15-23(25)19-7-6-8-20(13-19)30(38)35-22-14-27(37)34-17-22/h6-13,15-16,22H,4-5,14,17H2,1-3H3,(H,33,39)(H,34,37)(H,35,38). The third-order valence-electron chi connectivity index (χ3n) is 7.22. The van der Waals surface area contributed by atoms with E-state index >= 15 is 0 Å². The minimum absolute atomic E-state index is 0.0803. The van der Waals surface area contributed by atoms with Crippen LogP contribution in [0, 0.1) is 5.82 Å². The van der Waals surface area contributed by atoms with Crippen molar-refractivity contribution in [3.05, 3.63) is 77.6 Å². The number of nitrogens with zero attached hydrogens (tertiary/aromatic N) is 1. The zero-order valence-corrected chi connectivity index (χ0v) is 22.6. The first-order valence-electron chi connectivity index (χ1n) is 13.3. The molecular formula is C31H31FN4O4. The lowest BCUT2D eigenvalue weighted by Gasteiger charge is -2.24. The Morgan fingerprint density at radius 1 is 1.02 bits per heavy atom. The van der Waals surface area contributed by atoms with Crippen LogP contribution in [-0.2, 0) is 4.79 Å². The quantitative estimate of drug-likeness (QED) is 0.299. The Hall–Kier alpha value is -4.66. The van der Waals surface area contributed by atoms with Crippen molar-refractivity contribution in [1.82, 2.24) is 16.0 Å². The van der Waals surface area contributed by atoms with Crippen LogP contribution in [0.3, 0.4) is 0 Å². The maximum Gasteiger partial charge on any atom is 0.255 e. The summed E-state index contributed by atoms with van der Waals surface area (Å²) in [7, 11) is 1.55. The molecule has 3 amide bonds.